The van der Waals surface area contributed by atoms with Crippen LogP contribution in [0.15, 0.2) is 21.9 Å². The number of halogens is 6. The molecule has 0 fully saturated rings. The molecule has 0 aromatic heterocycles. The van der Waals surface area contributed by atoms with Gasteiger partial charge in [-0.3, -0.25) is 4.55 Å². The summed E-state index contributed by atoms with van der Waals surface area (Å²) in [4.78, 5) is -2.69. The van der Waals surface area contributed by atoms with Crippen LogP contribution >= 0.6 is 11.8 Å². The zero-order valence-corrected chi connectivity index (χ0v) is 13.2. The summed E-state index contributed by atoms with van der Waals surface area (Å²) in [6.07, 6.45) is 1.30. The first kappa shape index (κ1) is 20.1. The minimum Gasteiger partial charge on any atom is -0.281 e. The van der Waals surface area contributed by atoms with Gasteiger partial charge >= 0.3 is 20.6 Å². The predicted molar refractivity (Wildman–Crippen MR) is 66.8 cm³/mol. The van der Waals surface area contributed by atoms with E-state index < -0.39 is 47.0 Å². The fraction of sp³-hybridized carbons (Fsp3) is 0.333. The molecule has 1 rings (SSSR count). The third-order valence-corrected chi connectivity index (χ3v) is 6.08. The van der Waals surface area contributed by atoms with Gasteiger partial charge in [-0.1, -0.05) is 0 Å². The van der Waals surface area contributed by atoms with Crippen molar-refractivity contribution in [1.82, 2.24) is 0 Å². The van der Waals surface area contributed by atoms with E-state index in [1.165, 1.54) is 6.26 Å². The zero-order valence-electron chi connectivity index (χ0n) is 10.7. The monoisotopic (exact) mass is 404 g/mol. The lowest BCUT2D eigenvalue weighted by Gasteiger charge is -2.24. The largest absolute Gasteiger partial charge is 0.447 e. The summed E-state index contributed by atoms with van der Waals surface area (Å²) in [7, 11) is -13.7. The first-order valence-corrected chi connectivity index (χ1v) is 9.26. The van der Waals surface area contributed by atoms with Crippen molar-refractivity contribution < 1.29 is 47.7 Å². The SMILES string of the molecule is CSc1cc(F)c(S(=O)(=O)C(F)(F)C(F)(F)S(=O)(=O)O)c(F)c1. The highest BCUT2D eigenvalue weighted by atomic mass is 32.2. The lowest BCUT2D eigenvalue weighted by molar-refractivity contribution is -0.101. The number of hydrogen-bond acceptors (Lipinski definition) is 5. The van der Waals surface area contributed by atoms with Crippen molar-refractivity contribution in [2.24, 2.45) is 0 Å². The van der Waals surface area contributed by atoms with Gasteiger partial charge in [0.05, 0.1) is 0 Å². The molecule has 0 spiro atoms. The molecule has 23 heavy (non-hydrogen) atoms. The van der Waals surface area contributed by atoms with E-state index in [-0.39, 0.29) is 17.0 Å². The highest BCUT2D eigenvalue weighted by Gasteiger charge is 2.74. The van der Waals surface area contributed by atoms with E-state index in [9.17, 15) is 43.2 Å². The van der Waals surface area contributed by atoms with Gasteiger partial charge in [0.2, 0.25) is 0 Å². The average molecular weight is 404 g/mol. The van der Waals surface area contributed by atoms with E-state index >= 15 is 0 Å². The Labute approximate surface area is 130 Å². The summed E-state index contributed by atoms with van der Waals surface area (Å²) in [6.45, 7) is 0. The summed E-state index contributed by atoms with van der Waals surface area (Å²) in [5.41, 5.74) is 0. The van der Waals surface area contributed by atoms with Crippen molar-refractivity contribution >= 4 is 31.7 Å². The molecule has 1 aromatic rings. The summed E-state index contributed by atoms with van der Waals surface area (Å²) in [6, 6.07) is 0.560. The fourth-order valence-corrected chi connectivity index (χ4v) is 3.93. The molecule has 0 unspecified atom stereocenters. The van der Waals surface area contributed by atoms with Crippen LogP contribution in [0.4, 0.5) is 26.3 Å². The minimum absolute atomic E-state index is 0.246. The summed E-state index contributed by atoms with van der Waals surface area (Å²) >= 11 is 0.687. The Morgan fingerprint density at radius 2 is 1.35 bits per heavy atom. The highest BCUT2D eigenvalue weighted by Crippen LogP contribution is 2.46. The van der Waals surface area contributed by atoms with Crippen LogP contribution in [-0.2, 0) is 20.0 Å². The molecule has 132 valence electrons. The quantitative estimate of drug-likeness (QED) is 0.461. The molecule has 0 saturated carbocycles. The predicted octanol–water partition coefficient (Wildman–Crippen LogP) is 2.53. The fourth-order valence-electron chi connectivity index (χ4n) is 1.35. The van der Waals surface area contributed by atoms with Gasteiger partial charge in [0.1, 0.15) is 16.5 Å². The molecule has 0 aliphatic rings. The summed E-state index contributed by atoms with van der Waals surface area (Å²) < 4.78 is 132. The Bertz CT molecular complexity index is 810. The van der Waals surface area contributed by atoms with Gasteiger partial charge in [-0.15, -0.1) is 11.8 Å². The van der Waals surface area contributed by atoms with Crippen molar-refractivity contribution in [2.75, 3.05) is 6.26 Å². The van der Waals surface area contributed by atoms with Crippen LogP contribution in [-0.4, -0.2) is 38.2 Å². The standard InChI is InChI=1S/C9H6F6O5S3/c1-21-4-2-5(10)7(6(11)3-4)22(16,17)8(12,13)9(14,15)23(18,19)20/h2-3H,1H3,(H,18,19,20). The second-order valence-corrected chi connectivity index (χ2v) is 8.20. The molecule has 0 radical (unpaired) electrons. The molecule has 5 nitrogen and oxygen atoms in total. The van der Waals surface area contributed by atoms with Crippen LogP contribution in [0.5, 0.6) is 0 Å². The second-order valence-electron chi connectivity index (χ2n) is 3.93. The number of thioether (sulfide) groups is 1. The number of hydrogen-bond donors (Lipinski definition) is 1. The lowest BCUT2D eigenvalue weighted by atomic mass is 10.3. The average Bonchev–Trinajstić information content (AvgIpc) is 2.35. The number of sulfone groups is 1. The maximum Gasteiger partial charge on any atom is 0.447 e. The van der Waals surface area contributed by atoms with E-state index in [1.54, 1.807) is 0 Å². The van der Waals surface area contributed by atoms with Gasteiger partial charge in [0, 0.05) is 4.90 Å². The molecule has 0 aliphatic carbocycles. The maximum atomic E-state index is 13.6. The van der Waals surface area contributed by atoms with E-state index in [0.29, 0.717) is 11.8 Å². The molecule has 0 heterocycles. The number of rotatable bonds is 5. The molecule has 1 N–H and O–H groups in total. The highest BCUT2D eigenvalue weighted by molar-refractivity contribution is 7.98. The molecule has 14 heteroatoms. The van der Waals surface area contributed by atoms with Gasteiger partial charge in [-0.25, -0.2) is 17.2 Å². The van der Waals surface area contributed by atoms with Gasteiger partial charge in [0.25, 0.3) is 9.84 Å². The topological polar surface area (TPSA) is 88.5 Å². The van der Waals surface area contributed by atoms with Crippen molar-refractivity contribution in [1.29, 1.82) is 0 Å². The molecule has 0 bridgehead atoms. The van der Waals surface area contributed by atoms with Gasteiger partial charge in [-0.05, 0) is 18.4 Å². The van der Waals surface area contributed by atoms with Crippen molar-refractivity contribution in [3.8, 4) is 0 Å². The molecule has 0 saturated heterocycles. The normalized spacial score (nSPS) is 14.1. The Kier molecular flexibility index (Phi) is 5.08. The maximum absolute atomic E-state index is 13.6. The Hall–Kier alpha value is -0.990. The van der Waals surface area contributed by atoms with E-state index in [4.69, 9.17) is 4.55 Å². The van der Waals surface area contributed by atoms with Gasteiger partial charge < -0.3 is 0 Å². The molecule has 1 aromatic carbocycles. The summed E-state index contributed by atoms with van der Waals surface area (Å²) in [5.74, 6) is -4.25. The molecule has 0 aliphatic heterocycles. The van der Waals surface area contributed by atoms with Gasteiger partial charge in [0.15, 0.2) is 0 Å². The first-order valence-electron chi connectivity index (χ1n) is 5.11. The Balaban J connectivity index is 3.73. The number of alkyl halides is 4. The zero-order chi connectivity index (χ0) is 18.4. The van der Waals surface area contributed by atoms with Crippen LogP contribution in [0.25, 0.3) is 0 Å². The van der Waals surface area contributed by atoms with Gasteiger partial charge in [-0.2, -0.15) is 26.0 Å². The number of benzene rings is 1. The molecule has 0 amide bonds. The lowest BCUT2D eigenvalue weighted by Crippen LogP contribution is -2.52. The Morgan fingerprint density at radius 3 is 1.65 bits per heavy atom. The van der Waals surface area contributed by atoms with Crippen molar-refractivity contribution in [3.63, 3.8) is 0 Å². The van der Waals surface area contributed by atoms with Crippen LogP contribution < -0.4 is 0 Å². The smallest absolute Gasteiger partial charge is 0.281 e. The van der Waals surface area contributed by atoms with Crippen LogP contribution in [0.3, 0.4) is 0 Å². The third kappa shape index (κ3) is 3.04. The van der Waals surface area contributed by atoms with E-state index in [0.717, 1.165) is 0 Å². The van der Waals surface area contributed by atoms with Crippen LogP contribution in [0, 0.1) is 11.6 Å². The third-order valence-electron chi connectivity index (χ3n) is 2.48. The molecular formula is C9H6F6O5S3. The van der Waals surface area contributed by atoms with Crippen molar-refractivity contribution in [3.05, 3.63) is 23.8 Å². The molecule has 0 atom stereocenters. The summed E-state index contributed by atoms with van der Waals surface area (Å²) in [5, 5.41) is -13.1. The van der Waals surface area contributed by atoms with Crippen LogP contribution in [0.1, 0.15) is 0 Å². The van der Waals surface area contributed by atoms with Crippen molar-refractivity contribution in [2.45, 2.75) is 20.3 Å². The Morgan fingerprint density at radius 1 is 0.957 bits per heavy atom. The van der Waals surface area contributed by atoms with Crippen LogP contribution in [0.2, 0.25) is 0 Å². The van der Waals surface area contributed by atoms with E-state index in [1.807, 2.05) is 0 Å². The molecular weight excluding hydrogens is 398 g/mol. The second kappa shape index (κ2) is 5.82. The first-order chi connectivity index (χ1) is 10.1. The minimum atomic E-state index is -6.90. The van der Waals surface area contributed by atoms with E-state index in [2.05, 4.69) is 0 Å².